The quantitative estimate of drug-likeness (QED) is 0.167. The van der Waals surface area contributed by atoms with E-state index in [1.807, 2.05) is 11.3 Å². The van der Waals surface area contributed by atoms with Crippen molar-refractivity contribution in [3.8, 4) is 0 Å². The number of thiophene rings is 1. The first-order valence-corrected chi connectivity index (χ1v) is 18.9. The summed E-state index contributed by atoms with van der Waals surface area (Å²) in [6.07, 6.45) is 0. The normalized spacial score (nSPS) is 14.5. The summed E-state index contributed by atoms with van der Waals surface area (Å²) in [6, 6.07) is 32.3. The zero-order valence-corrected chi connectivity index (χ0v) is 32.9. The maximum Gasteiger partial charge on any atom is 0.264 e. The zero-order chi connectivity index (χ0) is 35.4. The molecule has 0 unspecified atom stereocenters. The second kappa shape index (κ2) is 11.3. The Labute approximate surface area is 304 Å². The van der Waals surface area contributed by atoms with Crippen molar-refractivity contribution in [1.29, 1.82) is 0 Å². The molecule has 0 saturated carbocycles. The molecule has 0 bridgehead atoms. The number of halogens is 1. The van der Waals surface area contributed by atoms with E-state index < -0.39 is 0 Å². The van der Waals surface area contributed by atoms with E-state index in [0.29, 0.717) is 0 Å². The van der Waals surface area contributed by atoms with Crippen molar-refractivity contribution in [2.75, 3.05) is 9.80 Å². The van der Waals surface area contributed by atoms with Gasteiger partial charge in [-0.3, -0.25) is 0 Å². The molecule has 1 aromatic heterocycles. The van der Waals surface area contributed by atoms with Crippen LogP contribution in [0, 0.1) is 0 Å². The first kappa shape index (κ1) is 34.0. The van der Waals surface area contributed by atoms with Gasteiger partial charge in [0.05, 0.1) is 5.69 Å². The Hall–Kier alpha value is -3.47. The van der Waals surface area contributed by atoms with E-state index in [0.717, 1.165) is 27.8 Å². The molecular weight excluding hydrogens is 635 g/mol. The Morgan fingerprint density at radius 3 is 1.39 bits per heavy atom. The van der Waals surface area contributed by atoms with E-state index in [-0.39, 0.29) is 28.4 Å². The van der Waals surface area contributed by atoms with Crippen molar-refractivity contribution in [2.24, 2.45) is 0 Å². The minimum Gasteiger partial charge on any atom is -0.311 e. The Morgan fingerprint density at radius 2 is 0.939 bits per heavy atom. The summed E-state index contributed by atoms with van der Waals surface area (Å²) in [5, 5.41) is 0.740. The van der Waals surface area contributed by atoms with Crippen LogP contribution in [0.2, 0.25) is 5.02 Å². The highest BCUT2D eigenvalue weighted by Crippen LogP contribution is 2.48. The van der Waals surface area contributed by atoms with Crippen LogP contribution in [0.15, 0.2) is 84.9 Å². The third-order valence-electron chi connectivity index (χ3n) is 10.3. The topological polar surface area (TPSA) is 6.48 Å². The first-order valence-electron chi connectivity index (χ1n) is 17.7. The van der Waals surface area contributed by atoms with Gasteiger partial charge in [-0.25, -0.2) is 0 Å². The highest BCUT2D eigenvalue weighted by atomic mass is 35.5. The third-order valence-corrected chi connectivity index (χ3v) is 12.1. The maximum absolute atomic E-state index is 7.17. The van der Waals surface area contributed by atoms with Crippen molar-refractivity contribution >= 4 is 79.5 Å². The smallest absolute Gasteiger partial charge is 0.264 e. The molecule has 4 aromatic carbocycles. The average molecular weight is 685 g/mol. The highest BCUT2D eigenvalue weighted by molar-refractivity contribution is 7.29. The van der Waals surface area contributed by atoms with Crippen molar-refractivity contribution in [1.82, 2.24) is 0 Å². The molecule has 0 amide bonds. The molecule has 49 heavy (non-hydrogen) atoms. The van der Waals surface area contributed by atoms with Gasteiger partial charge in [-0.2, -0.15) is 11.3 Å². The zero-order valence-electron chi connectivity index (χ0n) is 31.3. The summed E-state index contributed by atoms with van der Waals surface area (Å²) in [6.45, 7) is 27.7. The minimum absolute atomic E-state index is 0.0155. The molecule has 2 aliphatic rings. The van der Waals surface area contributed by atoms with Gasteiger partial charge in [0.2, 0.25) is 0 Å². The van der Waals surface area contributed by atoms with Crippen molar-refractivity contribution < 1.29 is 0 Å². The molecule has 0 saturated heterocycles. The standard InChI is InChI=1S/C44H50BClN2S/c1-41(2,3)27-13-18-31(19-14-27)47-34-22-17-29(43(7,8)9)23-33(34)45-39-35(47)24-30(46)25-36(39)48(32-20-15-28(16-21-32)42(4,5)6)37-26-38(44(10,11)12)49-40(37)45/h13-26H,1-12H3. The van der Waals surface area contributed by atoms with Gasteiger partial charge >= 0.3 is 0 Å². The molecule has 5 aromatic rings. The molecule has 252 valence electrons. The van der Waals surface area contributed by atoms with E-state index in [1.165, 1.54) is 48.6 Å². The molecule has 0 N–H and O–H groups in total. The molecule has 0 fully saturated rings. The summed E-state index contributed by atoms with van der Waals surface area (Å²) < 4.78 is 1.40. The number of nitrogens with zero attached hydrogens (tertiary/aromatic N) is 2. The van der Waals surface area contributed by atoms with Crippen molar-refractivity contribution in [3.05, 3.63) is 112 Å². The van der Waals surface area contributed by atoms with Crippen LogP contribution in [-0.2, 0) is 21.7 Å². The lowest BCUT2D eigenvalue weighted by atomic mass is 9.36. The molecule has 5 heteroatoms. The number of anilines is 6. The second-order valence-corrected chi connectivity index (χ2v) is 19.7. The SMILES string of the molecule is CC(C)(C)c1ccc(N2c3ccc(C(C)(C)C)cc3B3c4sc(C(C)(C)C)cc4N(c4ccc(C(C)(C)C)cc4)c4cc(Cl)cc2c43)cc1. The van der Waals surface area contributed by atoms with E-state index in [1.54, 1.807) is 0 Å². The number of hydrogen-bond acceptors (Lipinski definition) is 3. The summed E-state index contributed by atoms with van der Waals surface area (Å²) >= 11 is 9.15. The largest absolute Gasteiger partial charge is 0.311 e. The Balaban J connectivity index is 1.55. The van der Waals surface area contributed by atoms with Crippen LogP contribution in [0.3, 0.4) is 0 Å². The Kier molecular flexibility index (Phi) is 7.82. The van der Waals surface area contributed by atoms with E-state index >= 15 is 0 Å². The molecule has 3 heterocycles. The first-order chi connectivity index (χ1) is 22.7. The second-order valence-electron chi connectivity index (χ2n) is 18.2. The molecule has 0 spiro atoms. The lowest BCUT2D eigenvalue weighted by Crippen LogP contribution is -2.60. The van der Waals surface area contributed by atoms with Crippen LogP contribution < -0.4 is 25.5 Å². The summed E-state index contributed by atoms with van der Waals surface area (Å²) in [5.41, 5.74) is 14.0. The molecule has 2 aliphatic heterocycles. The maximum atomic E-state index is 7.17. The monoisotopic (exact) mass is 684 g/mol. The summed E-state index contributed by atoms with van der Waals surface area (Å²) in [7, 11) is 0. The van der Waals surface area contributed by atoms with E-state index in [9.17, 15) is 0 Å². The van der Waals surface area contributed by atoms with Gasteiger partial charge in [0.15, 0.2) is 0 Å². The van der Waals surface area contributed by atoms with Crippen molar-refractivity contribution in [3.63, 3.8) is 0 Å². The summed E-state index contributed by atoms with van der Waals surface area (Å²) in [4.78, 5) is 6.33. The number of benzene rings is 4. The van der Waals surface area contributed by atoms with Crippen molar-refractivity contribution in [2.45, 2.75) is 105 Å². The fourth-order valence-corrected chi connectivity index (χ4v) is 8.86. The fourth-order valence-electron chi connectivity index (χ4n) is 7.32. The lowest BCUT2D eigenvalue weighted by molar-refractivity contribution is 0.590. The Morgan fingerprint density at radius 1 is 0.490 bits per heavy atom. The van der Waals surface area contributed by atoms with Gasteiger partial charge in [-0.15, -0.1) is 0 Å². The van der Waals surface area contributed by atoms with Crippen LogP contribution in [0.4, 0.5) is 34.1 Å². The van der Waals surface area contributed by atoms with Gasteiger partial charge in [0.1, 0.15) is 0 Å². The molecule has 7 rings (SSSR count). The van der Waals surface area contributed by atoms with Gasteiger partial charge in [0.25, 0.3) is 6.71 Å². The predicted molar refractivity (Wildman–Crippen MR) is 218 cm³/mol. The molecule has 0 aliphatic carbocycles. The van der Waals surface area contributed by atoms with Gasteiger partial charge < -0.3 is 9.80 Å². The highest BCUT2D eigenvalue weighted by Gasteiger charge is 2.45. The molecular formula is C44H50BClN2S. The number of rotatable bonds is 2. The van der Waals surface area contributed by atoms with Crippen LogP contribution in [-0.4, -0.2) is 6.71 Å². The lowest BCUT2D eigenvalue weighted by Gasteiger charge is -2.43. The van der Waals surface area contributed by atoms with Gasteiger partial charge in [0, 0.05) is 43.1 Å². The third kappa shape index (κ3) is 5.83. The Bertz CT molecular complexity index is 2060. The molecule has 2 nitrogen and oxygen atoms in total. The minimum atomic E-state index is 0.0155. The molecule has 0 radical (unpaired) electrons. The van der Waals surface area contributed by atoms with Crippen LogP contribution in [0.1, 0.15) is 105 Å². The summed E-state index contributed by atoms with van der Waals surface area (Å²) in [5.74, 6) is 0. The number of fused-ring (bicyclic) bond motifs is 4. The van der Waals surface area contributed by atoms with E-state index in [4.69, 9.17) is 11.6 Å². The fraction of sp³-hybridized carbons (Fsp3) is 0.364. The number of hydrogen-bond donors (Lipinski definition) is 0. The molecule has 0 atom stereocenters. The van der Waals surface area contributed by atoms with Gasteiger partial charge in [-0.05, 0) is 97.8 Å². The van der Waals surface area contributed by atoms with E-state index in [2.05, 4.69) is 178 Å². The van der Waals surface area contributed by atoms with Crippen LogP contribution >= 0.6 is 22.9 Å². The predicted octanol–water partition coefficient (Wildman–Crippen LogP) is 11.7. The average Bonchev–Trinajstić information content (AvgIpc) is 3.45. The van der Waals surface area contributed by atoms with Crippen LogP contribution in [0.5, 0.6) is 0 Å². The van der Waals surface area contributed by atoms with Gasteiger partial charge in [-0.1, -0.05) is 131 Å². The van der Waals surface area contributed by atoms with Crippen LogP contribution in [0.25, 0.3) is 0 Å².